The van der Waals surface area contributed by atoms with E-state index in [1.165, 1.54) is 0 Å². The molecule has 2 aromatic heterocycles. The van der Waals surface area contributed by atoms with Gasteiger partial charge in [-0.05, 0) is 25.3 Å². The van der Waals surface area contributed by atoms with E-state index < -0.39 is 0 Å². The Labute approximate surface area is 117 Å². The smallest absolute Gasteiger partial charge is 0.160 e. The first kappa shape index (κ1) is 14.0. The van der Waals surface area contributed by atoms with Gasteiger partial charge in [-0.3, -0.25) is 0 Å². The monoisotopic (exact) mass is 278 g/mol. The Morgan fingerprint density at radius 3 is 2.84 bits per heavy atom. The molecule has 2 rings (SSSR count). The van der Waals surface area contributed by atoms with Gasteiger partial charge in [-0.2, -0.15) is 16.4 Å². The van der Waals surface area contributed by atoms with Crippen molar-refractivity contribution in [3.05, 3.63) is 35.5 Å². The Bertz CT molecular complexity index is 541. The minimum atomic E-state index is 0.432. The fraction of sp³-hybridized carbons (Fsp3) is 0.462. The highest BCUT2D eigenvalue weighted by atomic mass is 32.2. The number of aromatic nitrogens is 4. The van der Waals surface area contributed by atoms with E-state index >= 15 is 0 Å². The highest BCUT2D eigenvalue weighted by molar-refractivity contribution is 7.98. The van der Waals surface area contributed by atoms with Crippen LogP contribution in [-0.2, 0) is 17.8 Å². The highest BCUT2D eigenvalue weighted by Gasteiger charge is 2.12. The van der Waals surface area contributed by atoms with Crippen LogP contribution in [0.15, 0.2) is 18.2 Å². The molecule has 0 N–H and O–H groups in total. The number of hydrogen-bond donors (Lipinski definition) is 0. The summed E-state index contributed by atoms with van der Waals surface area (Å²) in [5, 5.41) is 4.53. The van der Waals surface area contributed by atoms with E-state index in [-0.39, 0.29) is 0 Å². The first-order chi connectivity index (χ1) is 9.24. The summed E-state index contributed by atoms with van der Waals surface area (Å²) in [5.41, 5.74) is 0.960. The van der Waals surface area contributed by atoms with Gasteiger partial charge in [-0.1, -0.05) is 6.07 Å². The highest BCUT2D eigenvalue weighted by Crippen LogP contribution is 2.10. The maximum atomic E-state index is 5.18. The van der Waals surface area contributed by atoms with Crippen LogP contribution in [0.5, 0.6) is 0 Å². The molecule has 0 radical (unpaired) electrons. The molecule has 0 fully saturated rings. The van der Waals surface area contributed by atoms with Crippen molar-refractivity contribution in [3.8, 4) is 5.82 Å². The predicted molar refractivity (Wildman–Crippen MR) is 76.7 cm³/mol. The van der Waals surface area contributed by atoms with Crippen molar-refractivity contribution < 1.29 is 4.74 Å². The van der Waals surface area contributed by atoms with E-state index in [1.54, 1.807) is 23.6 Å². The maximum absolute atomic E-state index is 5.18. The minimum Gasteiger partial charge on any atom is -0.377 e. The van der Waals surface area contributed by atoms with Gasteiger partial charge in [0.05, 0.1) is 0 Å². The lowest BCUT2D eigenvalue weighted by Gasteiger charge is -2.04. The van der Waals surface area contributed by atoms with E-state index in [9.17, 15) is 0 Å². The Kier molecular flexibility index (Phi) is 4.93. The summed E-state index contributed by atoms with van der Waals surface area (Å²) >= 11 is 1.79. The molecule has 0 aliphatic rings. The van der Waals surface area contributed by atoms with Crippen LogP contribution in [0, 0.1) is 6.92 Å². The number of thioether (sulfide) groups is 1. The van der Waals surface area contributed by atoms with Crippen LogP contribution < -0.4 is 0 Å². The van der Waals surface area contributed by atoms with E-state index in [1.807, 2.05) is 25.1 Å². The second-order valence-electron chi connectivity index (χ2n) is 4.17. The SMILES string of the molecule is COCc1nc(CCSC)nn1-c1cccc(C)n1. The van der Waals surface area contributed by atoms with Gasteiger partial charge in [-0.15, -0.1) is 5.10 Å². The lowest BCUT2D eigenvalue weighted by Crippen LogP contribution is -2.06. The largest absolute Gasteiger partial charge is 0.377 e. The number of rotatable bonds is 6. The fourth-order valence-electron chi connectivity index (χ4n) is 1.74. The minimum absolute atomic E-state index is 0.432. The van der Waals surface area contributed by atoms with Crippen molar-refractivity contribution in [1.29, 1.82) is 0 Å². The summed E-state index contributed by atoms with van der Waals surface area (Å²) in [5.74, 6) is 3.42. The average molecular weight is 278 g/mol. The van der Waals surface area contributed by atoms with Gasteiger partial charge in [-0.25, -0.2) is 9.97 Å². The van der Waals surface area contributed by atoms with Crippen LogP contribution in [-0.4, -0.2) is 38.9 Å². The molecule has 0 saturated heterocycles. The molecule has 0 atom stereocenters. The second kappa shape index (κ2) is 6.68. The Morgan fingerprint density at radius 2 is 2.16 bits per heavy atom. The number of ether oxygens (including phenoxy) is 1. The van der Waals surface area contributed by atoms with Gasteiger partial charge in [0.2, 0.25) is 0 Å². The zero-order valence-electron chi connectivity index (χ0n) is 11.5. The topological polar surface area (TPSA) is 52.8 Å². The van der Waals surface area contributed by atoms with Crippen molar-refractivity contribution in [2.45, 2.75) is 20.0 Å². The quantitative estimate of drug-likeness (QED) is 0.809. The molecule has 0 saturated carbocycles. The predicted octanol–water partition coefficient (Wildman–Crippen LogP) is 2.02. The second-order valence-corrected chi connectivity index (χ2v) is 5.15. The molecule has 0 aliphatic carbocycles. The van der Waals surface area contributed by atoms with Crippen LogP contribution >= 0.6 is 11.8 Å². The van der Waals surface area contributed by atoms with Crippen molar-refractivity contribution in [3.63, 3.8) is 0 Å². The molecule has 0 aliphatic heterocycles. The molecule has 6 heteroatoms. The zero-order valence-corrected chi connectivity index (χ0v) is 12.3. The van der Waals surface area contributed by atoms with Gasteiger partial charge in [0.15, 0.2) is 17.5 Å². The van der Waals surface area contributed by atoms with E-state index in [4.69, 9.17) is 4.74 Å². The van der Waals surface area contributed by atoms with Crippen molar-refractivity contribution >= 4 is 11.8 Å². The summed E-state index contributed by atoms with van der Waals surface area (Å²) in [4.78, 5) is 9.00. The number of nitrogens with zero attached hydrogens (tertiary/aromatic N) is 4. The molecule has 0 bridgehead atoms. The fourth-order valence-corrected chi connectivity index (χ4v) is 2.13. The summed E-state index contributed by atoms with van der Waals surface area (Å²) in [6.45, 7) is 2.40. The molecule has 0 amide bonds. The first-order valence-corrected chi connectivity index (χ1v) is 7.50. The van der Waals surface area contributed by atoms with Gasteiger partial charge < -0.3 is 4.74 Å². The molecule has 19 heavy (non-hydrogen) atoms. The average Bonchev–Trinajstić information content (AvgIpc) is 2.80. The first-order valence-electron chi connectivity index (χ1n) is 6.11. The molecule has 5 nitrogen and oxygen atoms in total. The van der Waals surface area contributed by atoms with Gasteiger partial charge in [0.1, 0.15) is 6.61 Å². The molecule has 2 aromatic rings. The molecule has 102 valence electrons. The Morgan fingerprint density at radius 1 is 1.32 bits per heavy atom. The van der Waals surface area contributed by atoms with Crippen LogP contribution in [0.25, 0.3) is 5.82 Å². The standard InChI is InChI=1S/C13H18N4OS/c1-10-5-4-6-12(14-10)17-13(9-18-2)15-11(16-17)7-8-19-3/h4-6H,7-9H2,1-3H3. The normalized spacial score (nSPS) is 10.9. The third-order valence-electron chi connectivity index (χ3n) is 2.61. The van der Waals surface area contributed by atoms with E-state index in [0.29, 0.717) is 6.61 Å². The van der Waals surface area contributed by atoms with Gasteiger partial charge >= 0.3 is 0 Å². The van der Waals surface area contributed by atoms with E-state index in [0.717, 1.165) is 35.3 Å². The lowest BCUT2D eigenvalue weighted by molar-refractivity contribution is 0.175. The lowest BCUT2D eigenvalue weighted by atomic mass is 10.4. The van der Waals surface area contributed by atoms with Crippen LogP contribution in [0.2, 0.25) is 0 Å². The summed E-state index contributed by atoms with van der Waals surface area (Å²) < 4.78 is 6.95. The molecule has 0 unspecified atom stereocenters. The molecular weight excluding hydrogens is 260 g/mol. The molecule has 2 heterocycles. The van der Waals surface area contributed by atoms with Crippen LogP contribution in [0.3, 0.4) is 0 Å². The number of pyridine rings is 1. The molecule has 0 spiro atoms. The van der Waals surface area contributed by atoms with E-state index in [2.05, 4.69) is 21.3 Å². The molecule has 0 aromatic carbocycles. The summed E-state index contributed by atoms with van der Waals surface area (Å²) in [6.07, 6.45) is 2.94. The maximum Gasteiger partial charge on any atom is 0.160 e. The summed E-state index contributed by atoms with van der Waals surface area (Å²) in [7, 11) is 1.66. The number of hydrogen-bond acceptors (Lipinski definition) is 5. The number of aryl methyl sites for hydroxylation is 2. The Hall–Kier alpha value is -1.40. The summed E-state index contributed by atoms with van der Waals surface area (Å²) in [6, 6.07) is 5.86. The van der Waals surface area contributed by atoms with Crippen molar-refractivity contribution in [2.24, 2.45) is 0 Å². The van der Waals surface area contributed by atoms with Gasteiger partial charge in [0.25, 0.3) is 0 Å². The van der Waals surface area contributed by atoms with Gasteiger partial charge in [0, 0.05) is 25.0 Å². The zero-order chi connectivity index (χ0) is 13.7. The van der Waals surface area contributed by atoms with Crippen LogP contribution in [0.1, 0.15) is 17.3 Å². The molecular formula is C13H18N4OS. The third kappa shape index (κ3) is 3.54. The van der Waals surface area contributed by atoms with Crippen molar-refractivity contribution in [1.82, 2.24) is 19.7 Å². The van der Waals surface area contributed by atoms with Crippen LogP contribution in [0.4, 0.5) is 0 Å². The Balaban J connectivity index is 2.34. The van der Waals surface area contributed by atoms with Crippen molar-refractivity contribution in [2.75, 3.05) is 19.1 Å². The third-order valence-corrected chi connectivity index (χ3v) is 3.22. The number of methoxy groups -OCH3 is 1.